The summed E-state index contributed by atoms with van der Waals surface area (Å²) in [7, 11) is 5.94. The van der Waals surface area contributed by atoms with Crippen LogP contribution >= 0.6 is 46.7 Å². The summed E-state index contributed by atoms with van der Waals surface area (Å²) < 4.78 is 1.97. The molecule has 0 unspecified atom stereocenters. The molecule has 0 saturated heterocycles. The number of thiophene rings is 1. The van der Waals surface area contributed by atoms with Gasteiger partial charge < -0.3 is 20.1 Å². The van der Waals surface area contributed by atoms with Crippen LogP contribution in [0.15, 0.2) is 27.9 Å². The zero-order valence-corrected chi connectivity index (χ0v) is 20.3. The number of nitrogens with zero attached hydrogens (tertiary/aromatic N) is 6. The minimum atomic E-state index is 0. The molecule has 0 aliphatic rings. The van der Waals surface area contributed by atoms with Crippen LogP contribution < -0.4 is 15.5 Å². The van der Waals surface area contributed by atoms with E-state index in [1.54, 1.807) is 22.7 Å². The van der Waals surface area contributed by atoms with Crippen LogP contribution in [0.3, 0.4) is 0 Å². The van der Waals surface area contributed by atoms with Gasteiger partial charge in [-0.15, -0.1) is 56.8 Å². The van der Waals surface area contributed by atoms with Crippen molar-refractivity contribution in [1.29, 1.82) is 0 Å². The number of halogens is 1. The molecule has 2 N–H and O–H groups in total. The zero-order valence-electron chi connectivity index (χ0n) is 16.3. The molecule has 0 radical (unpaired) electrons. The number of aryl methyl sites for hydroxylation is 1. The van der Waals surface area contributed by atoms with Gasteiger partial charge >= 0.3 is 0 Å². The molecule has 3 aromatic heterocycles. The molecule has 3 rings (SSSR count). The maximum absolute atomic E-state index is 4.68. The Bertz CT molecular complexity index is 885. The first-order valence-corrected chi connectivity index (χ1v) is 10.3. The van der Waals surface area contributed by atoms with E-state index in [0.717, 1.165) is 35.0 Å². The topological polar surface area (TPSA) is 83.3 Å². The third kappa shape index (κ3) is 6.14. The number of anilines is 1. The standard InChI is InChI=1S/C17H24N8S2.HI/c1-12-22-23-15(25(12)4)10-20-16(19-9-14-6-5-7-26-14)18-8-13-11-27-17(21-13)24(2)3;/h5-7,11H,8-10H2,1-4H3,(H2,18,19,20);1H. The second kappa shape index (κ2) is 10.7. The van der Waals surface area contributed by atoms with Crippen molar-refractivity contribution in [2.45, 2.75) is 26.6 Å². The van der Waals surface area contributed by atoms with Crippen LogP contribution in [0.4, 0.5) is 5.13 Å². The smallest absolute Gasteiger partial charge is 0.192 e. The lowest BCUT2D eigenvalue weighted by atomic mass is 10.4. The zero-order chi connectivity index (χ0) is 19.2. The molecule has 3 heterocycles. The van der Waals surface area contributed by atoms with E-state index in [4.69, 9.17) is 0 Å². The molecule has 152 valence electrons. The van der Waals surface area contributed by atoms with Crippen molar-refractivity contribution in [3.8, 4) is 0 Å². The number of hydrogen-bond donors (Lipinski definition) is 2. The molecule has 0 spiro atoms. The van der Waals surface area contributed by atoms with Crippen molar-refractivity contribution < 1.29 is 0 Å². The lowest BCUT2D eigenvalue weighted by Gasteiger charge is -2.12. The van der Waals surface area contributed by atoms with Gasteiger partial charge in [0.2, 0.25) is 0 Å². The fourth-order valence-corrected chi connectivity index (χ4v) is 3.65. The number of guanidine groups is 1. The molecule has 0 fully saturated rings. The maximum atomic E-state index is 4.68. The Morgan fingerprint density at radius 2 is 2.00 bits per heavy atom. The fraction of sp³-hybridized carbons (Fsp3) is 0.412. The van der Waals surface area contributed by atoms with E-state index in [0.29, 0.717) is 13.1 Å². The van der Waals surface area contributed by atoms with E-state index in [-0.39, 0.29) is 24.0 Å². The van der Waals surface area contributed by atoms with E-state index in [1.807, 2.05) is 49.0 Å². The van der Waals surface area contributed by atoms with Crippen LogP contribution in [0.5, 0.6) is 0 Å². The molecule has 0 aliphatic heterocycles. The second-order valence-corrected chi connectivity index (χ2v) is 8.06. The molecule has 0 atom stereocenters. The highest BCUT2D eigenvalue weighted by Crippen LogP contribution is 2.18. The van der Waals surface area contributed by atoms with Gasteiger partial charge in [-0.25, -0.2) is 9.98 Å². The SMILES string of the molecule is Cc1nnc(CNC(=NCc2csc(N(C)C)n2)NCc2cccs2)n1C.I. The van der Waals surface area contributed by atoms with Crippen LogP contribution in [0.25, 0.3) is 0 Å². The van der Waals surface area contributed by atoms with Gasteiger partial charge in [-0.1, -0.05) is 6.07 Å². The van der Waals surface area contributed by atoms with E-state index in [9.17, 15) is 0 Å². The van der Waals surface area contributed by atoms with Gasteiger partial charge in [0.05, 0.1) is 25.3 Å². The summed E-state index contributed by atoms with van der Waals surface area (Å²) in [5.74, 6) is 2.47. The largest absolute Gasteiger partial charge is 0.354 e. The van der Waals surface area contributed by atoms with Gasteiger partial charge in [0.15, 0.2) is 16.9 Å². The minimum Gasteiger partial charge on any atom is -0.354 e. The third-order valence-corrected chi connectivity index (χ3v) is 5.86. The number of rotatable bonds is 7. The first kappa shape index (κ1) is 22.6. The lowest BCUT2D eigenvalue weighted by Crippen LogP contribution is -2.37. The van der Waals surface area contributed by atoms with Crippen molar-refractivity contribution in [2.24, 2.45) is 12.0 Å². The van der Waals surface area contributed by atoms with E-state index in [2.05, 4.69) is 42.3 Å². The number of thiazole rings is 1. The van der Waals surface area contributed by atoms with Crippen molar-refractivity contribution in [1.82, 2.24) is 30.4 Å². The molecule has 0 bridgehead atoms. The van der Waals surface area contributed by atoms with Crippen LogP contribution in [0.1, 0.15) is 22.2 Å². The molecule has 8 nitrogen and oxygen atoms in total. The number of nitrogens with one attached hydrogen (secondary N) is 2. The quantitative estimate of drug-likeness (QED) is 0.277. The monoisotopic (exact) mass is 532 g/mol. The Balaban J connectivity index is 0.00000280. The predicted octanol–water partition coefficient (Wildman–Crippen LogP) is 2.76. The lowest BCUT2D eigenvalue weighted by molar-refractivity contribution is 0.715. The van der Waals surface area contributed by atoms with Crippen molar-refractivity contribution in [2.75, 3.05) is 19.0 Å². The molecule has 28 heavy (non-hydrogen) atoms. The Hall–Kier alpha value is -1.73. The Morgan fingerprint density at radius 3 is 2.61 bits per heavy atom. The van der Waals surface area contributed by atoms with Gasteiger partial charge in [-0.3, -0.25) is 0 Å². The average molecular weight is 532 g/mol. The Labute approximate surface area is 190 Å². The highest BCUT2D eigenvalue weighted by atomic mass is 127. The van der Waals surface area contributed by atoms with Crippen LogP contribution in [0.2, 0.25) is 0 Å². The molecule has 0 aliphatic carbocycles. The van der Waals surface area contributed by atoms with Crippen LogP contribution in [0, 0.1) is 6.92 Å². The third-order valence-electron chi connectivity index (χ3n) is 3.93. The molecule has 0 aromatic carbocycles. The average Bonchev–Trinajstić information content (AvgIpc) is 3.38. The number of aliphatic imine (C=N–C) groups is 1. The summed E-state index contributed by atoms with van der Waals surface area (Å²) in [6.45, 7) is 3.72. The maximum Gasteiger partial charge on any atom is 0.192 e. The highest BCUT2D eigenvalue weighted by molar-refractivity contribution is 14.0. The Kier molecular flexibility index (Phi) is 8.63. The number of hydrogen-bond acceptors (Lipinski definition) is 7. The summed E-state index contributed by atoms with van der Waals surface area (Å²) in [6, 6.07) is 4.15. The second-order valence-electron chi connectivity index (χ2n) is 6.19. The van der Waals surface area contributed by atoms with E-state index < -0.39 is 0 Å². The summed E-state index contributed by atoms with van der Waals surface area (Å²) in [6.07, 6.45) is 0. The van der Waals surface area contributed by atoms with Gasteiger partial charge in [0.1, 0.15) is 5.82 Å². The van der Waals surface area contributed by atoms with Crippen molar-refractivity contribution >= 4 is 57.7 Å². The van der Waals surface area contributed by atoms with Crippen molar-refractivity contribution in [3.05, 3.63) is 45.1 Å². The number of aromatic nitrogens is 4. The fourth-order valence-electron chi connectivity index (χ4n) is 2.26. The van der Waals surface area contributed by atoms with Gasteiger partial charge in [-0.05, 0) is 18.4 Å². The first-order valence-electron chi connectivity index (χ1n) is 8.54. The van der Waals surface area contributed by atoms with Crippen molar-refractivity contribution in [3.63, 3.8) is 0 Å². The van der Waals surface area contributed by atoms with Gasteiger partial charge in [0.25, 0.3) is 0 Å². The summed E-state index contributed by atoms with van der Waals surface area (Å²) in [5.41, 5.74) is 0.954. The van der Waals surface area contributed by atoms with Crippen LogP contribution in [-0.2, 0) is 26.7 Å². The van der Waals surface area contributed by atoms with E-state index >= 15 is 0 Å². The summed E-state index contributed by atoms with van der Waals surface area (Å²) in [4.78, 5) is 12.5. The molecule has 0 amide bonds. The highest BCUT2D eigenvalue weighted by Gasteiger charge is 2.08. The summed E-state index contributed by atoms with van der Waals surface area (Å²) >= 11 is 3.34. The first-order chi connectivity index (χ1) is 13.0. The molecule has 3 aromatic rings. The molecule has 11 heteroatoms. The molecular formula is C17H25IN8S2. The normalized spacial score (nSPS) is 11.2. The van der Waals surface area contributed by atoms with Crippen LogP contribution in [-0.4, -0.2) is 39.8 Å². The Morgan fingerprint density at radius 1 is 1.21 bits per heavy atom. The minimum absolute atomic E-state index is 0. The summed E-state index contributed by atoms with van der Waals surface area (Å²) in [5, 5.41) is 20.1. The molecular weight excluding hydrogens is 507 g/mol. The molecule has 0 saturated carbocycles. The van der Waals surface area contributed by atoms with E-state index in [1.165, 1.54) is 4.88 Å². The predicted molar refractivity (Wildman–Crippen MR) is 127 cm³/mol. The van der Waals surface area contributed by atoms with Gasteiger partial charge in [0, 0.05) is 31.4 Å². The van der Waals surface area contributed by atoms with Gasteiger partial charge in [-0.2, -0.15) is 0 Å².